The van der Waals surface area contributed by atoms with Crippen LogP contribution in [0.25, 0.3) is 11.1 Å². The highest BCUT2D eigenvalue weighted by Gasteiger charge is 2.37. The third-order valence-corrected chi connectivity index (χ3v) is 7.02. The Hall–Kier alpha value is -4.02. The molecule has 0 saturated heterocycles. The second kappa shape index (κ2) is 11.6. The summed E-state index contributed by atoms with van der Waals surface area (Å²) in [7, 11) is 0. The minimum atomic E-state index is -4.91. The number of pyridine rings is 2. The van der Waals surface area contributed by atoms with Gasteiger partial charge in [0.15, 0.2) is 11.6 Å². The number of hydrogen-bond acceptors (Lipinski definition) is 5. The van der Waals surface area contributed by atoms with Gasteiger partial charge in [-0.1, -0.05) is 13.0 Å². The predicted octanol–water partition coefficient (Wildman–Crippen LogP) is 7.36. The van der Waals surface area contributed by atoms with Gasteiger partial charge in [0.1, 0.15) is 5.56 Å². The Kier molecular flexibility index (Phi) is 8.41. The highest BCUT2D eigenvalue weighted by atomic mass is 19.4. The molecule has 7 nitrogen and oxygen atoms in total. The lowest BCUT2D eigenvalue weighted by atomic mass is 9.82. The third-order valence-electron chi connectivity index (χ3n) is 7.02. The Morgan fingerprint density at radius 2 is 1.77 bits per heavy atom. The number of rotatable bonds is 7. The van der Waals surface area contributed by atoms with E-state index in [4.69, 9.17) is 4.74 Å². The molecule has 0 spiro atoms. The van der Waals surface area contributed by atoms with Crippen molar-refractivity contribution in [3.63, 3.8) is 0 Å². The number of nitrogens with zero attached hydrogens (tertiary/aromatic N) is 3. The zero-order valence-corrected chi connectivity index (χ0v) is 22.2. The largest absolute Gasteiger partial charge is 0.478 e. The van der Waals surface area contributed by atoms with Crippen molar-refractivity contribution >= 4 is 17.6 Å². The average Bonchev–Trinajstić information content (AvgIpc) is 2.90. The third kappa shape index (κ3) is 6.24. The predicted molar refractivity (Wildman–Crippen MR) is 140 cm³/mol. The molecule has 3 aromatic rings. The van der Waals surface area contributed by atoms with Gasteiger partial charge in [-0.15, -0.1) is 0 Å². The van der Waals surface area contributed by atoms with Gasteiger partial charge in [0.25, 0.3) is 0 Å². The number of carboxylic acid groups (broad SMARTS) is 1. The summed E-state index contributed by atoms with van der Waals surface area (Å²) in [6.07, 6.45) is 2.01. The molecule has 40 heavy (non-hydrogen) atoms. The van der Waals surface area contributed by atoms with E-state index >= 15 is 4.39 Å². The van der Waals surface area contributed by atoms with Gasteiger partial charge in [0.05, 0.1) is 11.3 Å². The van der Waals surface area contributed by atoms with E-state index in [9.17, 15) is 27.9 Å². The van der Waals surface area contributed by atoms with Crippen molar-refractivity contribution in [1.82, 2.24) is 9.97 Å². The van der Waals surface area contributed by atoms with Crippen molar-refractivity contribution in [2.24, 2.45) is 11.8 Å². The van der Waals surface area contributed by atoms with E-state index in [1.807, 2.05) is 0 Å². The van der Waals surface area contributed by atoms with Crippen LogP contribution in [0.4, 0.5) is 23.2 Å². The van der Waals surface area contributed by atoms with Gasteiger partial charge in [-0.2, -0.15) is 13.2 Å². The van der Waals surface area contributed by atoms with Gasteiger partial charge in [-0.25, -0.2) is 14.2 Å². The van der Waals surface area contributed by atoms with E-state index in [0.29, 0.717) is 24.3 Å². The zero-order valence-electron chi connectivity index (χ0n) is 22.2. The molecule has 0 atom stereocenters. The second-order valence-electron chi connectivity index (χ2n) is 10.3. The molecule has 4 rings (SSSR count). The fourth-order valence-electron chi connectivity index (χ4n) is 4.88. The highest BCUT2D eigenvalue weighted by Crippen LogP contribution is 2.41. The number of carbonyl (C=O) groups excluding carboxylic acids is 1. The van der Waals surface area contributed by atoms with Crippen molar-refractivity contribution in [2.75, 3.05) is 4.90 Å². The lowest BCUT2D eigenvalue weighted by Gasteiger charge is -2.34. The van der Waals surface area contributed by atoms with Gasteiger partial charge < -0.3 is 14.7 Å². The quantitative estimate of drug-likeness (QED) is 0.304. The van der Waals surface area contributed by atoms with Gasteiger partial charge in [-0.3, -0.25) is 9.78 Å². The molecule has 212 valence electrons. The maximum Gasteiger partial charge on any atom is 0.421 e. The first kappa shape index (κ1) is 29.0. The molecular formula is C29H29F4N3O4. The van der Waals surface area contributed by atoms with Crippen molar-refractivity contribution in [3.8, 4) is 22.8 Å². The number of amides is 1. The number of aromatic nitrogens is 2. The number of aromatic carboxylic acids is 1. The van der Waals surface area contributed by atoms with Crippen LogP contribution in [0.3, 0.4) is 0 Å². The summed E-state index contributed by atoms with van der Waals surface area (Å²) >= 11 is 0. The molecule has 2 aromatic heterocycles. The van der Waals surface area contributed by atoms with Gasteiger partial charge >= 0.3 is 12.1 Å². The summed E-state index contributed by atoms with van der Waals surface area (Å²) in [5, 5.41) is 9.93. The fourth-order valence-corrected chi connectivity index (χ4v) is 4.88. The number of anilines is 1. The van der Waals surface area contributed by atoms with E-state index in [1.54, 1.807) is 26.0 Å². The maximum absolute atomic E-state index is 15.4. The van der Waals surface area contributed by atoms with Crippen LogP contribution in [-0.4, -0.2) is 33.0 Å². The number of hydrogen-bond donors (Lipinski definition) is 1. The van der Waals surface area contributed by atoms with Crippen molar-refractivity contribution in [2.45, 2.75) is 58.7 Å². The second-order valence-corrected chi connectivity index (χ2v) is 10.3. The van der Waals surface area contributed by atoms with Gasteiger partial charge in [0.2, 0.25) is 11.8 Å². The van der Waals surface area contributed by atoms with Crippen LogP contribution in [-0.2, 0) is 11.0 Å². The summed E-state index contributed by atoms with van der Waals surface area (Å²) < 4.78 is 62.4. The van der Waals surface area contributed by atoms with Crippen LogP contribution in [0.2, 0.25) is 0 Å². The first-order chi connectivity index (χ1) is 18.9. The number of ether oxygens (including phenoxy) is 1. The maximum atomic E-state index is 15.4. The molecule has 11 heteroatoms. The highest BCUT2D eigenvalue weighted by molar-refractivity contribution is 6.03. The first-order valence-electron chi connectivity index (χ1n) is 12.9. The van der Waals surface area contributed by atoms with Gasteiger partial charge in [-0.05, 0) is 57.6 Å². The van der Waals surface area contributed by atoms with Crippen LogP contribution in [0, 0.1) is 17.7 Å². The molecule has 1 N–H and O–H groups in total. The molecule has 1 saturated carbocycles. The Labute approximate surface area is 228 Å². The summed E-state index contributed by atoms with van der Waals surface area (Å²) in [6, 6.07) is 5.01. The van der Waals surface area contributed by atoms with Crippen molar-refractivity contribution in [1.29, 1.82) is 0 Å². The Morgan fingerprint density at radius 3 is 2.35 bits per heavy atom. The van der Waals surface area contributed by atoms with Crippen LogP contribution in [0.15, 0.2) is 48.9 Å². The Balaban J connectivity index is 1.73. The lowest BCUT2D eigenvalue weighted by Crippen LogP contribution is -2.43. The van der Waals surface area contributed by atoms with Crippen molar-refractivity contribution < 1.29 is 37.0 Å². The molecule has 0 aliphatic heterocycles. The molecule has 0 radical (unpaired) electrons. The summed E-state index contributed by atoms with van der Waals surface area (Å²) in [6.45, 7) is 5.46. The monoisotopic (exact) mass is 559 g/mol. The number of carbonyl (C=O) groups is 2. The van der Waals surface area contributed by atoms with Crippen molar-refractivity contribution in [3.05, 3.63) is 65.9 Å². The van der Waals surface area contributed by atoms with E-state index in [0.717, 1.165) is 37.2 Å². The summed E-state index contributed by atoms with van der Waals surface area (Å²) in [5.74, 6) is -4.52. The topological polar surface area (TPSA) is 92.6 Å². The molecule has 1 aliphatic rings. The molecule has 2 heterocycles. The number of carboxylic acids is 1. The first-order valence-corrected chi connectivity index (χ1v) is 12.9. The van der Waals surface area contributed by atoms with Crippen LogP contribution in [0.1, 0.15) is 62.4 Å². The van der Waals surface area contributed by atoms with E-state index in [-0.39, 0.29) is 23.1 Å². The Morgan fingerprint density at radius 1 is 1.07 bits per heavy atom. The molecule has 1 aromatic carbocycles. The number of halogens is 4. The molecular weight excluding hydrogens is 530 g/mol. The summed E-state index contributed by atoms with van der Waals surface area (Å²) in [4.78, 5) is 34.6. The van der Waals surface area contributed by atoms with Crippen LogP contribution >= 0.6 is 0 Å². The SMILES string of the molecule is CC1CCC(C(=O)N(c2cc(F)c(Oc3ncc(-c4cccnc4)cc3C(F)(F)F)cc2C(=O)O)C(C)C)CC1. The fraction of sp³-hybridized carbons (Fsp3) is 0.379. The molecule has 1 aliphatic carbocycles. The Bertz CT molecular complexity index is 1390. The minimum Gasteiger partial charge on any atom is -0.478 e. The zero-order chi connectivity index (χ0) is 29.2. The standard InChI is InChI=1S/C29H29F4N3O4/c1-16(2)36(27(37)18-8-6-17(3)7-9-18)24-13-23(30)25(12-21(24)28(38)39)40-26-22(29(31,32)33)11-20(15-35-26)19-5-4-10-34-14-19/h4-5,10-18H,6-9H2,1-3H3,(H,38,39). The van der Waals surface area contributed by atoms with Crippen LogP contribution in [0.5, 0.6) is 11.6 Å². The molecule has 1 fully saturated rings. The lowest BCUT2D eigenvalue weighted by molar-refractivity contribution is -0.138. The van der Waals surface area contributed by atoms with E-state index in [1.165, 1.54) is 17.3 Å². The van der Waals surface area contributed by atoms with Crippen LogP contribution < -0.4 is 9.64 Å². The van der Waals surface area contributed by atoms with Gasteiger partial charge in [0, 0.05) is 53.8 Å². The number of benzene rings is 1. The molecule has 0 bridgehead atoms. The van der Waals surface area contributed by atoms with E-state index < -0.39 is 46.8 Å². The normalized spacial score (nSPS) is 17.5. The number of alkyl halides is 3. The van der Waals surface area contributed by atoms with E-state index in [2.05, 4.69) is 16.9 Å². The molecule has 1 amide bonds. The summed E-state index contributed by atoms with van der Waals surface area (Å²) in [5.41, 5.74) is -1.46. The smallest absolute Gasteiger partial charge is 0.421 e. The minimum absolute atomic E-state index is 0.109. The molecule has 0 unspecified atom stereocenters. The average molecular weight is 560 g/mol.